The number of imide groups is 1. The Hall–Kier alpha value is -4.76. The largest absolute Gasteiger partial charge is 0.480 e. The lowest BCUT2D eigenvalue weighted by Gasteiger charge is -2.58. The first-order valence-corrected chi connectivity index (χ1v) is 29.1. The summed E-state index contributed by atoms with van der Waals surface area (Å²) in [6.45, 7) is 38.1. The van der Waals surface area contributed by atoms with Gasteiger partial charge in [-0.3, -0.25) is 9.79 Å². The average Bonchev–Trinajstić information content (AvgIpc) is 3.88. The monoisotopic (exact) mass is 948 g/mol. The molecular formula is C46H76N4O13Si2. The van der Waals surface area contributed by atoms with Gasteiger partial charge < -0.3 is 43.5 Å². The van der Waals surface area contributed by atoms with Gasteiger partial charge in [0.15, 0.2) is 11.6 Å². The molecule has 0 spiro atoms. The van der Waals surface area contributed by atoms with Gasteiger partial charge in [0.25, 0.3) is 0 Å². The van der Waals surface area contributed by atoms with Gasteiger partial charge in [-0.25, -0.2) is 24.0 Å². The molecule has 4 rings (SSSR count). The minimum absolute atomic E-state index is 0.122. The highest BCUT2D eigenvalue weighted by Crippen LogP contribution is 2.47. The zero-order valence-corrected chi connectivity index (χ0v) is 44.3. The highest BCUT2D eigenvalue weighted by Gasteiger charge is 2.66. The van der Waals surface area contributed by atoms with Gasteiger partial charge in [0, 0.05) is 29.4 Å². The third-order valence-corrected chi connectivity index (χ3v) is 13.4. The smallest absolute Gasteiger partial charge is 0.420 e. The number of carbonyl (C=O) groups is 6. The van der Waals surface area contributed by atoms with Crippen molar-refractivity contribution in [1.82, 2.24) is 9.80 Å². The van der Waals surface area contributed by atoms with Crippen LogP contribution in [0.5, 0.6) is 0 Å². The standard InChI is InChI=1S/C23H38N2O6Si.C12H19NO6.C11H19NOSi/c1-13(2)17(30-18(26)19(27)31-22(5,6)7)23(24)16(25(14(3)4)21(23)28)15-11-12-29-20(15)32(8,9)10;1-6(2)8-7(9(14)15)13(10(16)18-8)11(17)19-12(3,4)5;1-9(2)12-8-10-6-7-13-11(10)14(3,4)5/h11-14,16-17H,24H2,1-10H3;6-8H,1-5H3,(H,14,15);6-9H,1-5H3/t16-,17-,23-;7-,8-;/m00./s1. The first kappa shape index (κ1) is 56.4. The average molecular weight is 949 g/mol. The number of β-lactam (4-membered cyclic amide) rings is 1. The number of cyclic esters (lactones) is 1. The highest BCUT2D eigenvalue weighted by atomic mass is 28.3. The van der Waals surface area contributed by atoms with Gasteiger partial charge in [0.05, 0.1) is 29.3 Å². The van der Waals surface area contributed by atoms with Crippen LogP contribution in [0.1, 0.15) is 114 Å². The molecule has 2 fully saturated rings. The maximum absolute atomic E-state index is 13.4. The molecule has 17 nitrogen and oxygen atoms in total. The van der Waals surface area contributed by atoms with Crippen LogP contribution in [0, 0.1) is 11.8 Å². The van der Waals surface area contributed by atoms with E-state index in [1.807, 2.05) is 32.2 Å². The van der Waals surface area contributed by atoms with Crippen molar-refractivity contribution < 1.29 is 61.7 Å². The fraction of sp³-hybridized carbons (Fsp3) is 0.674. The Labute approximate surface area is 387 Å². The maximum Gasteiger partial charge on any atom is 0.420 e. The number of carboxylic acids is 1. The van der Waals surface area contributed by atoms with Gasteiger partial charge in [-0.2, -0.15) is 4.90 Å². The highest BCUT2D eigenvalue weighted by molar-refractivity contribution is 6.88. The third-order valence-electron chi connectivity index (χ3n) is 9.85. The number of aliphatic imine (C=N–C) groups is 1. The van der Waals surface area contributed by atoms with E-state index in [9.17, 15) is 33.9 Å². The van der Waals surface area contributed by atoms with Crippen LogP contribution in [-0.2, 0) is 38.1 Å². The van der Waals surface area contributed by atoms with Crippen molar-refractivity contribution in [3.8, 4) is 0 Å². The second-order valence-electron chi connectivity index (χ2n) is 21.7. The summed E-state index contributed by atoms with van der Waals surface area (Å²) in [6.07, 6.45) is 1.41. The lowest BCUT2D eigenvalue weighted by Crippen LogP contribution is -2.80. The van der Waals surface area contributed by atoms with Crippen LogP contribution in [0.3, 0.4) is 0 Å². The first-order valence-electron chi connectivity index (χ1n) is 22.1. The number of ether oxygens (including phenoxy) is 4. The van der Waals surface area contributed by atoms with Crippen molar-refractivity contribution in [2.75, 3.05) is 0 Å². The molecule has 3 N–H and O–H groups in total. The summed E-state index contributed by atoms with van der Waals surface area (Å²) in [4.78, 5) is 79.7. The van der Waals surface area contributed by atoms with Crippen LogP contribution in [0.4, 0.5) is 9.59 Å². The van der Waals surface area contributed by atoms with E-state index in [2.05, 4.69) is 58.1 Å². The van der Waals surface area contributed by atoms with E-state index < -0.39 is 87.3 Å². The van der Waals surface area contributed by atoms with Crippen LogP contribution in [-0.4, -0.2) is 120 Å². The molecule has 0 saturated carbocycles. The lowest BCUT2D eigenvalue weighted by atomic mass is 9.69. The Morgan fingerprint density at radius 1 is 0.815 bits per heavy atom. The number of hydrogen-bond donors (Lipinski definition) is 2. The SMILES string of the molecule is CC(C)N=Cc1ccoc1[Si](C)(C)C.CC(C)[C@@H]1OC(=O)N(C(=O)OC(C)(C)C)[C@@H]1C(=O)O.CC(C)[C@H](OC(=O)C(=O)OC(C)(C)C)[C@]1(N)C(=O)N(C(C)C)[C@H]1c1ccoc1[Si](C)(C)C. The lowest BCUT2D eigenvalue weighted by molar-refractivity contribution is -0.194. The Balaban J connectivity index is 0.000000371. The number of furan rings is 2. The molecule has 4 heterocycles. The summed E-state index contributed by atoms with van der Waals surface area (Å²) >= 11 is 0. The number of amides is 3. The van der Waals surface area contributed by atoms with E-state index in [0.29, 0.717) is 10.9 Å². The molecule has 19 heteroatoms. The Morgan fingerprint density at radius 3 is 1.75 bits per heavy atom. The van der Waals surface area contributed by atoms with E-state index in [-0.39, 0.29) is 23.8 Å². The Morgan fingerprint density at radius 2 is 1.32 bits per heavy atom. The second kappa shape index (κ2) is 21.3. The molecule has 65 heavy (non-hydrogen) atoms. The minimum atomic E-state index is -1.90. The van der Waals surface area contributed by atoms with E-state index in [0.717, 1.165) is 21.9 Å². The fourth-order valence-corrected chi connectivity index (χ4v) is 10.2. The number of aliphatic carboxylic acids is 1. The van der Waals surface area contributed by atoms with Crippen molar-refractivity contribution in [3.63, 3.8) is 0 Å². The second-order valence-corrected chi connectivity index (χ2v) is 31.6. The Bertz CT molecular complexity index is 2030. The van der Waals surface area contributed by atoms with Crippen LogP contribution in [0.25, 0.3) is 0 Å². The molecular weight excluding hydrogens is 873 g/mol. The van der Waals surface area contributed by atoms with Crippen LogP contribution in [0.15, 0.2) is 38.5 Å². The molecule has 0 aliphatic carbocycles. The van der Waals surface area contributed by atoms with E-state index in [1.54, 1.807) is 86.7 Å². The van der Waals surface area contributed by atoms with Gasteiger partial charge in [-0.05, 0) is 93.2 Å². The Kier molecular flexibility index (Phi) is 18.4. The van der Waals surface area contributed by atoms with Crippen LogP contribution in [0.2, 0.25) is 39.3 Å². The topological polar surface area (TPSA) is 231 Å². The van der Waals surface area contributed by atoms with Crippen LogP contribution >= 0.6 is 0 Å². The van der Waals surface area contributed by atoms with Gasteiger partial charge in [0.2, 0.25) is 5.91 Å². The first-order chi connectivity index (χ1) is 29.4. The molecule has 0 bridgehead atoms. The molecule has 2 saturated heterocycles. The summed E-state index contributed by atoms with van der Waals surface area (Å²) in [6, 6.07) is 2.16. The normalized spacial score (nSPS) is 20.8. The maximum atomic E-state index is 13.4. The van der Waals surface area contributed by atoms with Gasteiger partial charge in [0.1, 0.15) is 39.6 Å². The molecule has 3 amide bonds. The van der Waals surface area contributed by atoms with Crippen molar-refractivity contribution >= 4 is 69.1 Å². The molecule has 5 atom stereocenters. The predicted octanol–water partition coefficient (Wildman–Crippen LogP) is 7.23. The number of nitrogens with two attached hydrogens (primary N) is 1. The summed E-state index contributed by atoms with van der Waals surface area (Å²) in [5.41, 5.74) is 5.57. The molecule has 2 aliphatic heterocycles. The predicted molar refractivity (Wildman–Crippen MR) is 253 cm³/mol. The number of esters is 2. The summed E-state index contributed by atoms with van der Waals surface area (Å²) in [7, 11) is -3.26. The minimum Gasteiger partial charge on any atom is -0.480 e. The van der Waals surface area contributed by atoms with Crippen molar-refractivity contribution in [3.05, 3.63) is 35.8 Å². The van der Waals surface area contributed by atoms with Crippen LogP contribution < -0.4 is 16.5 Å². The van der Waals surface area contributed by atoms with E-state index in [4.69, 9.17) is 33.5 Å². The zero-order valence-electron chi connectivity index (χ0n) is 42.3. The van der Waals surface area contributed by atoms with Gasteiger partial charge >= 0.3 is 30.1 Å². The number of hydrogen-bond acceptors (Lipinski definition) is 14. The molecule has 2 aromatic heterocycles. The van der Waals surface area contributed by atoms with Crippen molar-refractivity contribution in [1.29, 1.82) is 0 Å². The number of nitrogens with zero attached hydrogens (tertiary/aromatic N) is 3. The number of carboxylic acid groups (broad SMARTS) is 1. The molecule has 366 valence electrons. The molecule has 2 aliphatic rings. The molecule has 0 unspecified atom stereocenters. The van der Waals surface area contributed by atoms with Gasteiger partial charge in [-0.1, -0.05) is 67.0 Å². The van der Waals surface area contributed by atoms with Gasteiger partial charge in [-0.15, -0.1) is 0 Å². The molecule has 0 aromatic carbocycles. The zero-order chi connectivity index (χ0) is 50.5. The quantitative estimate of drug-likeness (QED) is 0.0566. The van der Waals surface area contributed by atoms with Crippen molar-refractivity contribution in [2.45, 2.75) is 189 Å². The fourth-order valence-electron chi connectivity index (χ4n) is 7.26. The third kappa shape index (κ3) is 14.4. The van der Waals surface area contributed by atoms with Crippen molar-refractivity contribution in [2.24, 2.45) is 22.6 Å². The summed E-state index contributed by atoms with van der Waals surface area (Å²) in [5.74, 6) is -4.43. The number of carbonyl (C=O) groups excluding carboxylic acids is 5. The molecule has 0 radical (unpaired) electrons. The summed E-state index contributed by atoms with van der Waals surface area (Å²) < 4.78 is 32.1. The molecule has 2 aromatic rings. The number of likely N-dealkylation sites (tertiary alicyclic amines) is 1. The number of rotatable bonds is 11. The summed E-state index contributed by atoms with van der Waals surface area (Å²) in [5, 5.41) is 11.2. The van der Waals surface area contributed by atoms with E-state index in [1.165, 1.54) is 0 Å². The van der Waals surface area contributed by atoms with E-state index >= 15 is 0 Å².